The number of phenolic OH excluding ortho intramolecular Hbond substituents is 1. The molecule has 0 aliphatic heterocycles. The number of nitrogens with zero attached hydrogens (tertiary/aromatic N) is 1. The number of aromatic nitrogens is 1. The van der Waals surface area contributed by atoms with E-state index in [9.17, 15) is 5.11 Å². The molecular formula is C16H12ClNOS. The molecule has 0 aliphatic carbocycles. The average Bonchev–Trinajstić information content (AvgIpc) is 2.81. The summed E-state index contributed by atoms with van der Waals surface area (Å²) in [6.45, 7) is 2.04. The lowest BCUT2D eigenvalue weighted by molar-refractivity contribution is 0.475. The number of aromatic hydroxyl groups is 1. The third kappa shape index (κ3) is 2.55. The number of benzene rings is 2. The van der Waals surface area contributed by atoms with E-state index >= 15 is 0 Å². The summed E-state index contributed by atoms with van der Waals surface area (Å²) in [6.07, 6.45) is 0. The molecule has 1 aromatic heterocycles. The Bertz CT molecular complexity index is 767. The molecule has 2 nitrogen and oxygen atoms in total. The number of aryl methyl sites for hydroxylation is 1. The Morgan fingerprint density at radius 3 is 2.55 bits per heavy atom. The Morgan fingerprint density at radius 1 is 1.05 bits per heavy atom. The van der Waals surface area contributed by atoms with Crippen LogP contribution in [0, 0.1) is 6.92 Å². The second kappa shape index (κ2) is 5.27. The van der Waals surface area contributed by atoms with Crippen LogP contribution in [0.2, 0.25) is 5.02 Å². The van der Waals surface area contributed by atoms with E-state index in [0.29, 0.717) is 5.02 Å². The van der Waals surface area contributed by atoms with Crippen LogP contribution in [0.3, 0.4) is 0 Å². The molecule has 0 aliphatic rings. The molecule has 0 bridgehead atoms. The highest BCUT2D eigenvalue weighted by Gasteiger charge is 2.11. The molecule has 100 valence electrons. The molecule has 0 radical (unpaired) electrons. The van der Waals surface area contributed by atoms with Gasteiger partial charge >= 0.3 is 0 Å². The van der Waals surface area contributed by atoms with E-state index in [2.05, 4.69) is 4.98 Å². The van der Waals surface area contributed by atoms with Crippen LogP contribution in [-0.4, -0.2) is 10.1 Å². The molecule has 1 heterocycles. The number of halogens is 1. The molecule has 2 aromatic carbocycles. The minimum Gasteiger partial charge on any atom is -0.508 e. The Balaban J connectivity index is 2.08. The number of hydrogen-bond acceptors (Lipinski definition) is 3. The van der Waals surface area contributed by atoms with Crippen molar-refractivity contribution in [3.05, 3.63) is 58.4 Å². The van der Waals surface area contributed by atoms with Gasteiger partial charge in [0.1, 0.15) is 10.8 Å². The lowest BCUT2D eigenvalue weighted by Gasteiger charge is -1.99. The Morgan fingerprint density at radius 2 is 1.80 bits per heavy atom. The molecule has 4 heteroatoms. The van der Waals surface area contributed by atoms with E-state index < -0.39 is 0 Å². The van der Waals surface area contributed by atoms with Gasteiger partial charge in [0, 0.05) is 21.0 Å². The number of phenols is 1. The van der Waals surface area contributed by atoms with Crippen molar-refractivity contribution in [3.63, 3.8) is 0 Å². The fourth-order valence-corrected chi connectivity index (χ4v) is 3.18. The van der Waals surface area contributed by atoms with Gasteiger partial charge in [0.2, 0.25) is 0 Å². The number of hydrogen-bond donors (Lipinski definition) is 1. The van der Waals surface area contributed by atoms with Crippen molar-refractivity contribution >= 4 is 22.9 Å². The summed E-state index contributed by atoms with van der Waals surface area (Å²) >= 11 is 7.65. The van der Waals surface area contributed by atoms with Crippen molar-refractivity contribution in [1.82, 2.24) is 4.98 Å². The van der Waals surface area contributed by atoms with Crippen LogP contribution < -0.4 is 0 Å². The zero-order valence-corrected chi connectivity index (χ0v) is 12.4. The quantitative estimate of drug-likeness (QED) is 0.710. The highest BCUT2D eigenvalue weighted by molar-refractivity contribution is 7.15. The third-order valence-electron chi connectivity index (χ3n) is 2.99. The zero-order valence-electron chi connectivity index (χ0n) is 10.8. The molecular weight excluding hydrogens is 290 g/mol. The van der Waals surface area contributed by atoms with Crippen LogP contribution in [0.25, 0.3) is 21.8 Å². The van der Waals surface area contributed by atoms with Gasteiger partial charge in [-0.25, -0.2) is 4.98 Å². The van der Waals surface area contributed by atoms with Gasteiger partial charge in [0.05, 0.1) is 5.69 Å². The molecule has 0 atom stereocenters. The SMILES string of the molecule is Cc1sc(-c2cccc(O)c2)nc1-c1cccc(Cl)c1. The topological polar surface area (TPSA) is 33.1 Å². The van der Waals surface area contributed by atoms with Crippen LogP contribution in [0.5, 0.6) is 5.75 Å². The summed E-state index contributed by atoms with van der Waals surface area (Å²) in [4.78, 5) is 5.81. The van der Waals surface area contributed by atoms with Crippen LogP contribution in [0.15, 0.2) is 48.5 Å². The van der Waals surface area contributed by atoms with Crippen molar-refractivity contribution in [1.29, 1.82) is 0 Å². The van der Waals surface area contributed by atoms with Gasteiger partial charge in [-0.3, -0.25) is 0 Å². The monoisotopic (exact) mass is 301 g/mol. The summed E-state index contributed by atoms with van der Waals surface area (Å²) in [5.74, 6) is 0.250. The molecule has 0 spiro atoms. The van der Waals surface area contributed by atoms with Crippen LogP contribution in [0.4, 0.5) is 0 Å². The Kier molecular flexibility index (Phi) is 3.47. The van der Waals surface area contributed by atoms with E-state index in [4.69, 9.17) is 11.6 Å². The standard InChI is InChI=1S/C16H12ClNOS/c1-10-15(11-4-2-6-13(17)8-11)18-16(20-10)12-5-3-7-14(19)9-12/h2-9,19H,1H3. The first-order chi connectivity index (χ1) is 9.63. The molecule has 1 N–H and O–H groups in total. The molecule has 0 amide bonds. The Hall–Kier alpha value is -1.84. The first-order valence-corrected chi connectivity index (χ1v) is 7.36. The predicted octanol–water partition coefficient (Wildman–Crippen LogP) is 5.14. The predicted molar refractivity (Wildman–Crippen MR) is 84.4 cm³/mol. The number of rotatable bonds is 2. The van der Waals surface area contributed by atoms with Gasteiger partial charge in [0.25, 0.3) is 0 Å². The lowest BCUT2D eigenvalue weighted by Crippen LogP contribution is -1.81. The van der Waals surface area contributed by atoms with Crippen molar-refractivity contribution in [3.8, 4) is 27.6 Å². The summed E-state index contributed by atoms with van der Waals surface area (Å²) < 4.78 is 0. The largest absolute Gasteiger partial charge is 0.508 e. The third-order valence-corrected chi connectivity index (χ3v) is 4.24. The van der Waals surface area contributed by atoms with Crippen LogP contribution in [-0.2, 0) is 0 Å². The normalized spacial score (nSPS) is 10.7. The number of thiazole rings is 1. The van der Waals surface area contributed by atoms with Gasteiger partial charge in [-0.15, -0.1) is 11.3 Å². The minimum absolute atomic E-state index is 0.250. The zero-order chi connectivity index (χ0) is 14.1. The van der Waals surface area contributed by atoms with Gasteiger partial charge in [-0.2, -0.15) is 0 Å². The van der Waals surface area contributed by atoms with Gasteiger partial charge in [-0.1, -0.05) is 35.9 Å². The summed E-state index contributed by atoms with van der Waals surface area (Å²) in [7, 11) is 0. The summed E-state index contributed by atoms with van der Waals surface area (Å²) in [6, 6.07) is 14.8. The van der Waals surface area contributed by atoms with Crippen molar-refractivity contribution in [2.45, 2.75) is 6.92 Å². The molecule has 0 unspecified atom stereocenters. The van der Waals surface area contributed by atoms with Crippen molar-refractivity contribution in [2.75, 3.05) is 0 Å². The molecule has 0 fully saturated rings. The maximum Gasteiger partial charge on any atom is 0.124 e. The first-order valence-electron chi connectivity index (χ1n) is 6.16. The second-order valence-electron chi connectivity index (χ2n) is 4.48. The fraction of sp³-hybridized carbons (Fsp3) is 0.0625. The Labute approximate surface area is 126 Å². The van der Waals surface area contributed by atoms with Crippen molar-refractivity contribution < 1.29 is 5.11 Å². The average molecular weight is 302 g/mol. The fourth-order valence-electron chi connectivity index (χ4n) is 2.06. The summed E-state index contributed by atoms with van der Waals surface area (Å²) in [5.41, 5.74) is 2.87. The van der Waals surface area contributed by atoms with Crippen molar-refractivity contribution in [2.24, 2.45) is 0 Å². The minimum atomic E-state index is 0.250. The molecule has 20 heavy (non-hydrogen) atoms. The highest BCUT2D eigenvalue weighted by Crippen LogP contribution is 2.34. The van der Waals surface area contributed by atoms with E-state index in [1.165, 1.54) is 0 Å². The first kappa shape index (κ1) is 13.2. The van der Waals surface area contributed by atoms with E-state index in [1.807, 2.05) is 43.3 Å². The van der Waals surface area contributed by atoms with E-state index in [1.54, 1.807) is 23.5 Å². The molecule has 0 saturated carbocycles. The molecule has 3 rings (SSSR count). The van der Waals surface area contributed by atoms with Gasteiger partial charge in [0.15, 0.2) is 0 Å². The molecule has 0 saturated heterocycles. The maximum absolute atomic E-state index is 9.56. The maximum atomic E-state index is 9.56. The van der Waals surface area contributed by atoms with E-state index in [-0.39, 0.29) is 5.75 Å². The second-order valence-corrected chi connectivity index (χ2v) is 6.12. The smallest absolute Gasteiger partial charge is 0.124 e. The van der Waals surface area contributed by atoms with Crippen LogP contribution >= 0.6 is 22.9 Å². The highest BCUT2D eigenvalue weighted by atomic mass is 35.5. The summed E-state index contributed by atoms with van der Waals surface area (Å²) in [5, 5.41) is 11.2. The van der Waals surface area contributed by atoms with E-state index in [0.717, 1.165) is 26.7 Å². The van der Waals surface area contributed by atoms with Gasteiger partial charge < -0.3 is 5.11 Å². The lowest BCUT2D eigenvalue weighted by atomic mass is 10.1. The van der Waals surface area contributed by atoms with Gasteiger partial charge in [-0.05, 0) is 31.2 Å². The molecule has 3 aromatic rings. The van der Waals surface area contributed by atoms with Crippen LogP contribution in [0.1, 0.15) is 4.88 Å².